The summed E-state index contributed by atoms with van der Waals surface area (Å²) in [6.07, 6.45) is 6.32. The molecule has 0 bridgehead atoms. The van der Waals surface area contributed by atoms with Crippen LogP contribution in [0.15, 0.2) is 37.1 Å². The first-order valence-corrected chi connectivity index (χ1v) is 10.2. The maximum Gasteiger partial charge on any atom is 0.247 e. The van der Waals surface area contributed by atoms with Crippen molar-refractivity contribution in [2.75, 3.05) is 36.1 Å². The Morgan fingerprint density at radius 1 is 1.38 bits per heavy atom. The number of nitrogens with one attached hydrogen (secondary N) is 1. The van der Waals surface area contributed by atoms with Crippen molar-refractivity contribution in [1.29, 1.82) is 5.26 Å². The molecule has 0 aliphatic carbocycles. The van der Waals surface area contributed by atoms with Crippen LogP contribution in [0, 0.1) is 11.3 Å². The van der Waals surface area contributed by atoms with Gasteiger partial charge in [0.05, 0.1) is 24.5 Å². The molecule has 1 amide bonds. The number of carbonyl (C=O) groups excluding carboxylic acids is 1. The van der Waals surface area contributed by atoms with E-state index in [0.29, 0.717) is 0 Å². The smallest absolute Gasteiger partial charge is 0.247 e. The third kappa shape index (κ3) is 4.95. The lowest BCUT2D eigenvalue weighted by Gasteiger charge is -2.26. The van der Waals surface area contributed by atoms with E-state index in [1.54, 1.807) is 0 Å². The fourth-order valence-electron chi connectivity index (χ4n) is 3.55. The second-order valence-corrected chi connectivity index (χ2v) is 7.15. The first-order chi connectivity index (χ1) is 15.5. The normalized spacial score (nSPS) is 13.0. The van der Waals surface area contributed by atoms with E-state index < -0.39 is 0 Å². The lowest BCUT2D eigenvalue weighted by molar-refractivity contribution is -0.111. The summed E-state index contributed by atoms with van der Waals surface area (Å²) in [6, 6.07) is 7.78. The van der Waals surface area contributed by atoms with Crippen LogP contribution in [0.2, 0.25) is 0 Å². The number of nitriles is 1. The fourth-order valence-corrected chi connectivity index (χ4v) is 3.55. The summed E-state index contributed by atoms with van der Waals surface area (Å²) in [5.41, 5.74) is 7.25. The van der Waals surface area contributed by atoms with Gasteiger partial charge in [-0.15, -0.1) is 0 Å². The number of fused-ring (bicyclic) bond motifs is 1. The van der Waals surface area contributed by atoms with Crippen LogP contribution in [-0.4, -0.2) is 45.9 Å². The summed E-state index contributed by atoms with van der Waals surface area (Å²) >= 11 is 0. The number of hydrogen-bond acceptors (Lipinski definition) is 8. The number of nitrogens with zero attached hydrogens (tertiary/aromatic N) is 6. The summed E-state index contributed by atoms with van der Waals surface area (Å²) in [7, 11) is 3.34. The number of ether oxygens (including phenoxy) is 1. The highest BCUT2D eigenvalue weighted by molar-refractivity contribution is 6.07. The Hall–Kier alpha value is -4.13. The van der Waals surface area contributed by atoms with Crippen LogP contribution >= 0.6 is 0 Å². The van der Waals surface area contributed by atoms with Gasteiger partial charge in [0.1, 0.15) is 11.6 Å². The zero-order chi connectivity index (χ0) is 23.1. The minimum absolute atomic E-state index is 0. The van der Waals surface area contributed by atoms with Crippen molar-refractivity contribution in [3.05, 3.63) is 42.6 Å². The zero-order valence-electron chi connectivity index (χ0n) is 18.2. The van der Waals surface area contributed by atoms with Gasteiger partial charge < -0.3 is 20.7 Å². The van der Waals surface area contributed by atoms with Gasteiger partial charge in [-0.2, -0.15) is 15.3 Å². The Morgan fingerprint density at radius 2 is 2.12 bits per heavy atom. The largest absolute Gasteiger partial charge is 0.480 e. The maximum atomic E-state index is 11.6. The van der Waals surface area contributed by atoms with E-state index in [-0.39, 0.29) is 26.2 Å². The average molecular weight is 439 g/mol. The lowest BCUT2D eigenvalue weighted by atomic mass is 10.1. The Balaban J connectivity index is 0.000000382. The molecule has 2 aromatic heterocycles. The monoisotopic (exact) mass is 438 g/mol. The highest BCUT2D eigenvalue weighted by Crippen LogP contribution is 2.32. The molecule has 1 aromatic carbocycles. The van der Waals surface area contributed by atoms with Gasteiger partial charge in [0.15, 0.2) is 5.82 Å². The summed E-state index contributed by atoms with van der Waals surface area (Å²) in [4.78, 5) is 21.2. The predicted octanol–water partition coefficient (Wildman–Crippen LogP) is 3.12. The Labute approximate surface area is 189 Å². The molecule has 3 heterocycles. The average Bonchev–Trinajstić information content (AvgIpc) is 3.17. The Bertz CT molecular complexity index is 1170. The zero-order valence-corrected chi connectivity index (χ0v) is 18.2. The summed E-state index contributed by atoms with van der Waals surface area (Å²) in [5.74, 6) is 1.12. The topological polar surface area (TPSA) is 135 Å². The predicted molar refractivity (Wildman–Crippen MR) is 128 cm³/mol. The van der Waals surface area contributed by atoms with Crippen LogP contribution in [0.4, 0.5) is 17.5 Å². The minimum atomic E-state index is -0.205. The van der Waals surface area contributed by atoms with E-state index in [1.165, 1.54) is 38.6 Å². The number of methoxy groups -OCH3 is 1. The van der Waals surface area contributed by atoms with E-state index in [2.05, 4.69) is 37.9 Å². The van der Waals surface area contributed by atoms with Gasteiger partial charge in [-0.25, -0.2) is 4.98 Å². The molecule has 0 saturated carbocycles. The van der Waals surface area contributed by atoms with Gasteiger partial charge in [-0.1, -0.05) is 12.6 Å². The van der Waals surface area contributed by atoms with Gasteiger partial charge in [0.25, 0.3) is 0 Å². The van der Waals surface area contributed by atoms with Crippen molar-refractivity contribution in [3.63, 3.8) is 0 Å². The van der Waals surface area contributed by atoms with E-state index in [4.69, 9.17) is 15.7 Å². The number of nitrogen functional groups attached to an aromatic ring is 1. The molecule has 3 N–H and O–H groups in total. The van der Waals surface area contributed by atoms with Crippen molar-refractivity contribution in [2.45, 2.75) is 19.3 Å². The molecule has 0 spiro atoms. The standard InChI is InChI=1S/C16H20N4O.C6H6N4O.2H2/c1-3-14(21)17-13-9-7-8-12-15(13)19(2)18-16(12)20-10-5-4-6-11-20;1-11-5-4(2-7)3-9-6(8)10-5;;/h3,7-9H,1,4-6,10-11H2,2H3,(H,17,21);3H,1H3,(H2,8,9,10);2*1H. The minimum Gasteiger partial charge on any atom is -0.480 e. The molecule has 32 heavy (non-hydrogen) atoms. The number of nitrogens with two attached hydrogens (primary N) is 1. The number of carbonyl (C=O) groups is 1. The van der Waals surface area contributed by atoms with Crippen LogP contribution in [0.1, 0.15) is 27.7 Å². The molecule has 0 radical (unpaired) electrons. The van der Waals surface area contributed by atoms with Gasteiger partial charge in [-0.3, -0.25) is 9.48 Å². The first kappa shape index (κ1) is 22.6. The molecule has 10 nitrogen and oxygen atoms in total. The van der Waals surface area contributed by atoms with Gasteiger partial charge in [0, 0.05) is 28.4 Å². The molecule has 4 rings (SSSR count). The van der Waals surface area contributed by atoms with E-state index in [0.717, 1.165) is 35.5 Å². The van der Waals surface area contributed by atoms with Gasteiger partial charge in [-0.05, 0) is 37.5 Å². The number of para-hydroxylation sites is 1. The molecule has 10 heteroatoms. The summed E-state index contributed by atoms with van der Waals surface area (Å²) in [6.45, 7) is 5.60. The number of rotatable bonds is 4. The number of aromatic nitrogens is 4. The third-order valence-corrected chi connectivity index (χ3v) is 5.03. The number of amides is 1. The number of aryl methyl sites for hydroxylation is 1. The SMILES string of the molecule is C=CC(=O)Nc1cccc2c(N3CCCCC3)nn(C)c12.COc1nc(N)ncc1C#N.[HH].[HH]. The molecular weight excluding hydrogens is 408 g/mol. The van der Waals surface area contributed by atoms with Gasteiger partial charge >= 0.3 is 0 Å². The molecule has 3 aromatic rings. The summed E-state index contributed by atoms with van der Waals surface area (Å²) in [5, 5.41) is 17.1. The van der Waals surface area contributed by atoms with Crippen LogP contribution in [0.3, 0.4) is 0 Å². The highest BCUT2D eigenvalue weighted by Gasteiger charge is 2.19. The molecule has 1 aliphatic rings. The van der Waals surface area contributed by atoms with Crippen molar-refractivity contribution in [2.24, 2.45) is 7.05 Å². The van der Waals surface area contributed by atoms with Crippen LogP contribution in [0.5, 0.6) is 5.88 Å². The molecule has 0 unspecified atom stereocenters. The summed E-state index contributed by atoms with van der Waals surface area (Å²) < 4.78 is 6.61. The molecular formula is C22H30N8O2. The van der Waals surface area contributed by atoms with Crippen LogP contribution in [-0.2, 0) is 11.8 Å². The van der Waals surface area contributed by atoms with Crippen molar-refractivity contribution >= 4 is 34.3 Å². The van der Waals surface area contributed by atoms with E-state index in [1.807, 2.05) is 29.9 Å². The van der Waals surface area contributed by atoms with Crippen molar-refractivity contribution in [3.8, 4) is 11.9 Å². The molecule has 1 saturated heterocycles. The molecule has 1 aliphatic heterocycles. The fraction of sp³-hybridized carbons (Fsp3) is 0.318. The first-order valence-electron chi connectivity index (χ1n) is 10.2. The highest BCUT2D eigenvalue weighted by atomic mass is 16.5. The lowest BCUT2D eigenvalue weighted by Crippen LogP contribution is -2.29. The van der Waals surface area contributed by atoms with Crippen molar-refractivity contribution < 1.29 is 12.4 Å². The number of benzene rings is 1. The maximum absolute atomic E-state index is 11.6. The second kappa shape index (κ2) is 10.3. The van der Waals surface area contributed by atoms with Crippen molar-refractivity contribution in [1.82, 2.24) is 19.7 Å². The third-order valence-electron chi connectivity index (χ3n) is 5.03. The van der Waals surface area contributed by atoms with Crippen LogP contribution in [0.25, 0.3) is 10.9 Å². The molecule has 1 fully saturated rings. The Morgan fingerprint density at radius 3 is 2.78 bits per heavy atom. The Kier molecular flexibility index (Phi) is 7.23. The molecule has 0 atom stereocenters. The van der Waals surface area contributed by atoms with Gasteiger partial charge in [0.2, 0.25) is 17.7 Å². The number of piperidine rings is 1. The van der Waals surface area contributed by atoms with E-state index >= 15 is 0 Å². The second-order valence-electron chi connectivity index (χ2n) is 7.15. The quantitative estimate of drug-likeness (QED) is 0.593. The number of anilines is 3. The van der Waals surface area contributed by atoms with E-state index in [9.17, 15) is 4.79 Å². The number of hydrogen-bond donors (Lipinski definition) is 2. The van der Waals surface area contributed by atoms with Crippen LogP contribution < -0.4 is 20.7 Å². The molecule has 170 valence electrons.